The van der Waals surface area contributed by atoms with Gasteiger partial charge in [0.1, 0.15) is 11.6 Å². The normalized spacial score (nSPS) is 10.5. The van der Waals surface area contributed by atoms with Crippen molar-refractivity contribution in [3.63, 3.8) is 0 Å². The van der Waals surface area contributed by atoms with Crippen LogP contribution in [0.25, 0.3) is 11.3 Å². The largest absolute Gasteiger partial charge is 0.496 e. The third kappa shape index (κ3) is 1.81. The standard InChI is InChI=1S/C13H16N2O/c1-8-5-11(6-9(2)13(8)16-4)12-7-14-10(3)15-12/h5-7H,1-4H3,(H,14,15). The third-order valence-electron chi connectivity index (χ3n) is 2.68. The molecule has 0 unspecified atom stereocenters. The van der Waals surface area contributed by atoms with Crippen molar-refractivity contribution < 1.29 is 4.74 Å². The number of methoxy groups -OCH3 is 1. The van der Waals surface area contributed by atoms with Crippen LogP contribution in [0.1, 0.15) is 17.0 Å². The fourth-order valence-electron chi connectivity index (χ4n) is 2.00. The van der Waals surface area contributed by atoms with Gasteiger partial charge in [-0.2, -0.15) is 0 Å². The van der Waals surface area contributed by atoms with Crippen molar-refractivity contribution in [2.45, 2.75) is 20.8 Å². The lowest BCUT2D eigenvalue weighted by Crippen LogP contribution is -1.92. The lowest BCUT2D eigenvalue weighted by molar-refractivity contribution is 0.408. The minimum absolute atomic E-state index is 0.932. The number of rotatable bonds is 2. The Morgan fingerprint density at radius 3 is 2.19 bits per heavy atom. The van der Waals surface area contributed by atoms with E-state index in [-0.39, 0.29) is 0 Å². The molecule has 84 valence electrons. The van der Waals surface area contributed by atoms with Crippen LogP contribution < -0.4 is 4.74 Å². The maximum absolute atomic E-state index is 5.35. The lowest BCUT2D eigenvalue weighted by atomic mass is 10.0. The van der Waals surface area contributed by atoms with E-state index in [0.29, 0.717) is 0 Å². The molecular weight excluding hydrogens is 200 g/mol. The summed E-state index contributed by atoms with van der Waals surface area (Å²) in [6.45, 7) is 6.06. The Bertz CT molecular complexity index is 491. The summed E-state index contributed by atoms with van der Waals surface area (Å²) >= 11 is 0. The number of benzene rings is 1. The van der Waals surface area contributed by atoms with Crippen LogP contribution in [0.5, 0.6) is 5.75 Å². The van der Waals surface area contributed by atoms with Gasteiger partial charge in [0.2, 0.25) is 0 Å². The maximum Gasteiger partial charge on any atom is 0.124 e. The fourth-order valence-corrected chi connectivity index (χ4v) is 2.00. The third-order valence-corrected chi connectivity index (χ3v) is 2.68. The Balaban J connectivity index is 2.52. The van der Waals surface area contributed by atoms with E-state index >= 15 is 0 Å². The van der Waals surface area contributed by atoms with Crippen LogP contribution in [-0.2, 0) is 0 Å². The molecule has 0 spiro atoms. The summed E-state index contributed by atoms with van der Waals surface area (Å²) in [7, 11) is 1.70. The number of aryl methyl sites for hydroxylation is 3. The lowest BCUT2D eigenvalue weighted by Gasteiger charge is -2.10. The van der Waals surface area contributed by atoms with E-state index in [0.717, 1.165) is 34.0 Å². The molecule has 0 saturated heterocycles. The molecule has 2 aromatic rings. The number of imidazole rings is 1. The topological polar surface area (TPSA) is 37.9 Å². The molecule has 0 saturated carbocycles. The fraction of sp³-hybridized carbons (Fsp3) is 0.308. The highest BCUT2D eigenvalue weighted by molar-refractivity contribution is 5.63. The van der Waals surface area contributed by atoms with Gasteiger partial charge in [0.05, 0.1) is 19.0 Å². The van der Waals surface area contributed by atoms with E-state index in [1.165, 1.54) is 0 Å². The van der Waals surface area contributed by atoms with Crippen molar-refractivity contribution in [1.29, 1.82) is 0 Å². The van der Waals surface area contributed by atoms with Gasteiger partial charge in [-0.3, -0.25) is 0 Å². The molecule has 1 N–H and O–H groups in total. The van der Waals surface area contributed by atoms with Gasteiger partial charge in [-0.1, -0.05) is 0 Å². The molecule has 1 aromatic heterocycles. The van der Waals surface area contributed by atoms with Crippen LogP contribution in [-0.4, -0.2) is 17.1 Å². The van der Waals surface area contributed by atoms with Gasteiger partial charge in [0, 0.05) is 5.56 Å². The Morgan fingerprint density at radius 1 is 1.12 bits per heavy atom. The molecule has 2 rings (SSSR count). The van der Waals surface area contributed by atoms with E-state index < -0.39 is 0 Å². The Labute approximate surface area is 95.5 Å². The predicted molar refractivity (Wildman–Crippen MR) is 64.8 cm³/mol. The van der Waals surface area contributed by atoms with Gasteiger partial charge in [-0.05, 0) is 44.0 Å². The molecule has 3 nitrogen and oxygen atoms in total. The van der Waals surface area contributed by atoms with Gasteiger partial charge in [0.25, 0.3) is 0 Å². The first kappa shape index (κ1) is 10.7. The molecular formula is C13H16N2O. The Hall–Kier alpha value is -1.77. The van der Waals surface area contributed by atoms with Gasteiger partial charge in [-0.15, -0.1) is 0 Å². The summed E-state index contributed by atoms with van der Waals surface area (Å²) in [5, 5.41) is 0. The zero-order valence-electron chi connectivity index (χ0n) is 10.1. The van der Waals surface area contributed by atoms with Crippen LogP contribution in [0.4, 0.5) is 0 Å². The minimum Gasteiger partial charge on any atom is -0.496 e. The molecule has 0 aliphatic rings. The smallest absolute Gasteiger partial charge is 0.124 e. The van der Waals surface area contributed by atoms with Crippen molar-refractivity contribution in [3.8, 4) is 17.0 Å². The highest BCUT2D eigenvalue weighted by Crippen LogP contribution is 2.28. The number of aromatic nitrogens is 2. The van der Waals surface area contributed by atoms with E-state index in [1.807, 2.05) is 13.1 Å². The zero-order valence-corrected chi connectivity index (χ0v) is 10.1. The van der Waals surface area contributed by atoms with Crippen LogP contribution in [0.3, 0.4) is 0 Å². The number of H-pyrrole nitrogens is 1. The Kier molecular flexibility index (Phi) is 2.69. The number of hydrogen-bond acceptors (Lipinski definition) is 2. The summed E-state index contributed by atoms with van der Waals surface area (Å²) < 4.78 is 5.35. The predicted octanol–water partition coefficient (Wildman–Crippen LogP) is 3.01. The molecule has 0 fully saturated rings. The molecule has 0 radical (unpaired) electrons. The summed E-state index contributed by atoms with van der Waals surface area (Å²) in [6.07, 6.45) is 1.86. The first-order valence-electron chi connectivity index (χ1n) is 5.29. The second-order valence-corrected chi connectivity index (χ2v) is 4.03. The van der Waals surface area contributed by atoms with Crippen molar-refractivity contribution in [2.75, 3.05) is 7.11 Å². The molecule has 1 heterocycles. The summed E-state index contributed by atoms with van der Waals surface area (Å²) in [5.41, 5.74) is 4.48. The second-order valence-electron chi connectivity index (χ2n) is 4.03. The minimum atomic E-state index is 0.932. The summed E-state index contributed by atoms with van der Waals surface area (Å²) in [5.74, 6) is 1.89. The van der Waals surface area contributed by atoms with Crippen molar-refractivity contribution >= 4 is 0 Å². The van der Waals surface area contributed by atoms with Crippen LogP contribution in [0.15, 0.2) is 18.3 Å². The molecule has 0 aliphatic heterocycles. The van der Waals surface area contributed by atoms with Crippen LogP contribution >= 0.6 is 0 Å². The maximum atomic E-state index is 5.35. The SMILES string of the molecule is COc1c(C)cc(-c2cnc(C)[nH]2)cc1C. The molecule has 0 atom stereocenters. The van der Waals surface area contributed by atoms with Crippen molar-refractivity contribution in [3.05, 3.63) is 35.3 Å². The number of ether oxygens (including phenoxy) is 1. The quantitative estimate of drug-likeness (QED) is 0.838. The molecule has 0 aliphatic carbocycles. The highest BCUT2D eigenvalue weighted by Gasteiger charge is 2.07. The van der Waals surface area contributed by atoms with Crippen molar-refractivity contribution in [1.82, 2.24) is 9.97 Å². The molecule has 1 aromatic carbocycles. The molecule has 0 amide bonds. The van der Waals surface area contributed by atoms with E-state index in [9.17, 15) is 0 Å². The van der Waals surface area contributed by atoms with Crippen LogP contribution in [0, 0.1) is 20.8 Å². The van der Waals surface area contributed by atoms with E-state index in [2.05, 4.69) is 35.9 Å². The molecule has 0 bridgehead atoms. The van der Waals surface area contributed by atoms with Gasteiger partial charge >= 0.3 is 0 Å². The highest BCUT2D eigenvalue weighted by atomic mass is 16.5. The summed E-state index contributed by atoms with van der Waals surface area (Å²) in [6, 6.07) is 4.22. The average molecular weight is 216 g/mol. The number of nitrogens with zero attached hydrogens (tertiary/aromatic N) is 1. The van der Waals surface area contributed by atoms with Crippen molar-refractivity contribution in [2.24, 2.45) is 0 Å². The van der Waals surface area contributed by atoms with Gasteiger partial charge in [-0.25, -0.2) is 4.98 Å². The van der Waals surface area contributed by atoms with E-state index in [1.54, 1.807) is 7.11 Å². The second kappa shape index (κ2) is 4.00. The van der Waals surface area contributed by atoms with E-state index in [4.69, 9.17) is 4.74 Å². The zero-order chi connectivity index (χ0) is 11.7. The monoisotopic (exact) mass is 216 g/mol. The number of hydrogen-bond donors (Lipinski definition) is 1. The van der Waals surface area contributed by atoms with Gasteiger partial charge in [0.15, 0.2) is 0 Å². The summed E-state index contributed by atoms with van der Waals surface area (Å²) in [4.78, 5) is 7.44. The average Bonchev–Trinajstić information content (AvgIpc) is 2.64. The number of nitrogens with one attached hydrogen (secondary N) is 1. The first-order chi connectivity index (χ1) is 7.61. The molecule has 16 heavy (non-hydrogen) atoms. The Morgan fingerprint density at radius 2 is 1.75 bits per heavy atom. The first-order valence-corrected chi connectivity index (χ1v) is 5.29. The van der Waals surface area contributed by atoms with Gasteiger partial charge < -0.3 is 9.72 Å². The molecule has 3 heteroatoms. The number of aromatic amines is 1. The van der Waals surface area contributed by atoms with Crippen LogP contribution in [0.2, 0.25) is 0 Å².